The van der Waals surface area contributed by atoms with E-state index in [2.05, 4.69) is 13.2 Å². The number of methoxy groups -OCH3 is 1. The van der Waals surface area contributed by atoms with Crippen LogP contribution in [-0.2, 0) is 19.1 Å². The third-order valence-electron chi connectivity index (χ3n) is 4.61. The van der Waals surface area contributed by atoms with Crippen LogP contribution in [0.5, 0.6) is 0 Å². The number of hydrogen-bond acceptors (Lipinski definition) is 4. The standard InChI is InChI=1S/C16H20O4/c1-6-16(4)8-13-11(9(2)15(18)20-13)7-12(16)10(3)14(17)19-5/h6,12-13H,1,3,7-8H2,2,4-5H3/t12-,13-,16-/m0/s1. The van der Waals surface area contributed by atoms with Crippen molar-refractivity contribution in [1.82, 2.24) is 0 Å². The first kappa shape index (κ1) is 14.6. The Labute approximate surface area is 119 Å². The highest BCUT2D eigenvalue weighted by molar-refractivity contribution is 5.92. The number of ether oxygens (including phenoxy) is 2. The molecule has 0 radical (unpaired) electrons. The van der Waals surface area contributed by atoms with Gasteiger partial charge in [-0.1, -0.05) is 19.6 Å². The Morgan fingerprint density at radius 1 is 1.55 bits per heavy atom. The summed E-state index contributed by atoms with van der Waals surface area (Å²) in [7, 11) is 1.34. The van der Waals surface area contributed by atoms with E-state index in [4.69, 9.17) is 9.47 Å². The van der Waals surface area contributed by atoms with Crippen molar-refractivity contribution in [2.24, 2.45) is 11.3 Å². The van der Waals surface area contributed by atoms with Gasteiger partial charge in [0.05, 0.1) is 7.11 Å². The van der Waals surface area contributed by atoms with E-state index in [1.54, 1.807) is 6.92 Å². The van der Waals surface area contributed by atoms with Crippen LogP contribution < -0.4 is 0 Å². The van der Waals surface area contributed by atoms with E-state index < -0.39 is 5.97 Å². The van der Waals surface area contributed by atoms with Crippen LogP contribution in [0.2, 0.25) is 0 Å². The summed E-state index contributed by atoms with van der Waals surface area (Å²) in [5.41, 5.74) is 1.71. The Hall–Kier alpha value is -1.84. The van der Waals surface area contributed by atoms with Crippen molar-refractivity contribution in [3.05, 3.63) is 36.0 Å². The summed E-state index contributed by atoms with van der Waals surface area (Å²) in [6, 6.07) is 0. The van der Waals surface area contributed by atoms with Crippen LogP contribution in [-0.4, -0.2) is 25.2 Å². The van der Waals surface area contributed by atoms with E-state index in [9.17, 15) is 9.59 Å². The molecule has 4 heteroatoms. The highest BCUT2D eigenvalue weighted by Gasteiger charge is 2.48. The van der Waals surface area contributed by atoms with E-state index in [1.807, 2.05) is 13.0 Å². The molecule has 1 fully saturated rings. The molecule has 20 heavy (non-hydrogen) atoms. The third-order valence-corrected chi connectivity index (χ3v) is 4.61. The maximum atomic E-state index is 11.8. The van der Waals surface area contributed by atoms with E-state index >= 15 is 0 Å². The summed E-state index contributed by atoms with van der Waals surface area (Å²) in [5.74, 6) is -0.797. The second-order valence-corrected chi connectivity index (χ2v) is 5.73. The van der Waals surface area contributed by atoms with Gasteiger partial charge in [0.2, 0.25) is 0 Å². The van der Waals surface area contributed by atoms with E-state index in [0.717, 1.165) is 5.57 Å². The minimum absolute atomic E-state index is 0.122. The van der Waals surface area contributed by atoms with Crippen molar-refractivity contribution < 1.29 is 19.1 Å². The molecule has 0 unspecified atom stereocenters. The molecule has 3 atom stereocenters. The van der Waals surface area contributed by atoms with E-state index in [0.29, 0.717) is 24.0 Å². The van der Waals surface area contributed by atoms with Gasteiger partial charge in [-0.05, 0) is 30.8 Å². The predicted molar refractivity (Wildman–Crippen MR) is 74.8 cm³/mol. The molecule has 0 aromatic rings. The molecule has 1 aliphatic heterocycles. The monoisotopic (exact) mass is 276 g/mol. The lowest BCUT2D eigenvalue weighted by atomic mass is 9.62. The van der Waals surface area contributed by atoms with Crippen molar-refractivity contribution in [2.75, 3.05) is 7.11 Å². The second-order valence-electron chi connectivity index (χ2n) is 5.73. The molecule has 2 rings (SSSR count). The lowest BCUT2D eigenvalue weighted by Gasteiger charge is -2.42. The fourth-order valence-corrected chi connectivity index (χ4v) is 3.13. The smallest absolute Gasteiger partial charge is 0.334 e. The molecule has 0 bridgehead atoms. The Kier molecular flexibility index (Phi) is 3.59. The molecule has 1 saturated carbocycles. The highest BCUT2D eigenvalue weighted by atomic mass is 16.5. The average molecular weight is 276 g/mol. The largest absolute Gasteiger partial charge is 0.466 e. The normalized spacial score (nSPS) is 32.5. The van der Waals surface area contributed by atoms with Crippen molar-refractivity contribution in [2.45, 2.75) is 32.8 Å². The van der Waals surface area contributed by atoms with Crippen molar-refractivity contribution in [3.8, 4) is 0 Å². The molecule has 0 saturated heterocycles. The number of carbonyl (C=O) groups excluding carboxylic acids is 2. The van der Waals surface area contributed by atoms with Crippen LogP contribution in [0.4, 0.5) is 0 Å². The van der Waals surface area contributed by atoms with Crippen LogP contribution in [0.25, 0.3) is 0 Å². The molecule has 2 aliphatic rings. The molecular formula is C16H20O4. The Morgan fingerprint density at radius 3 is 2.75 bits per heavy atom. The third kappa shape index (κ3) is 2.09. The summed E-state index contributed by atoms with van der Waals surface area (Å²) >= 11 is 0. The van der Waals surface area contributed by atoms with Gasteiger partial charge in [0.15, 0.2) is 0 Å². The molecule has 4 nitrogen and oxygen atoms in total. The van der Waals surface area contributed by atoms with Crippen molar-refractivity contribution in [3.63, 3.8) is 0 Å². The average Bonchev–Trinajstić information content (AvgIpc) is 2.70. The number of fused-ring (bicyclic) bond motifs is 1. The van der Waals surface area contributed by atoms with Crippen molar-refractivity contribution in [1.29, 1.82) is 0 Å². The van der Waals surface area contributed by atoms with Gasteiger partial charge in [-0.3, -0.25) is 0 Å². The molecular weight excluding hydrogens is 256 g/mol. The number of carbonyl (C=O) groups is 2. The van der Waals surface area contributed by atoms with Gasteiger partial charge in [0.25, 0.3) is 0 Å². The maximum absolute atomic E-state index is 11.8. The van der Waals surface area contributed by atoms with Gasteiger partial charge < -0.3 is 9.47 Å². The summed E-state index contributed by atoms with van der Waals surface area (Å²) in [6.07, 6.45) is 2.82. The summed E-state index contributed by atoms with van der Waals surface area (Å²) in [6.45, 7) is 11.5. The number of hydrogen-bond donors (Lipinski definition) is 0. The zero-order valence-electron chi connectivity index (χ0n) is 12.2. The summed E-state index contributed by atoms with van der Waals surface area (Å²) in [5, 5.41) is 0. The minimum atomic E-state index is -0.412. The summed E-state index contributed by atoms with van der Waals surface area (Å²) < 4.78 is 10.2. The Balaban J connectivity index is 2.38. The van der Waals surface area contributed by atoms with Gasteiger partial charge in [-0.15, -0.1) is 6.58 Å². The first-order chi connectivity index (χ1) is 9.34. The molecule has 0 N–H and O–H groups in total. The number of rotatable bonds is 3. The van der Waals surface area contributed by atoms with Crippen LogP contribution in [0.15, 0.2) is 36.0 Å². The first-order valence-corrected chi connectivity index (χ1v) is 6.65. The second kappa shape index (κ2) is 4.93. The van der Waals surface area contributed by atoms with Gasteiger partial charge in [-0.2, -0.15) is 0 Å². The number of esters is 2. The zero-order chi connectivity index (χ0) is 15.1. The first-order valence-electron chi connectivity index (χ1n) is 6.65. The highest BCUT2D eigenvalue weighted by Crippen LogP contribution is 2.50. The fraction of sp³-hybridized carbons (Fsp3) is 0.500. The van der Waals surface area contributed by atoms with Crippen LogP contribution in [0.1, 0.15) is 26.7 Å². The molecule has 0 amide bonds. The SMILES string of the molecule is C=C[C@@]1(C)C[C@@H]2OC(=O)C(C)=C2C[C@H]1C(=C)C(=O)OC. The van der Waals surface area contributed by atoms with E-state index in [1.165, 1.54) is 7.11 Å². The molecule has 0 aromatic heterocycles. The fourth-order valence-electron chi connectivity index (χ4n) is 3.13. The molecule has 1 aliphatic carbocycles. The van der Waals surface area contributed by atoms with Gasteiger partial charge in [0, 0.05) is 17.1 Å². The Morgan fingerprint density at radius 2 is 2.20 bits per heavy atom. The summed E-state index contributed by atoms with van der Waals surface area (Å²) in [4.78, 5) is 23.5. The van der Waals surface area contributed by atoms with Crippen molar-refractivity contribution >= 4 is 11.9 Å². The lowest BCUT2D eigenvalue weighted by Crippen LogP contribution is -2.39. The van der Waals surface area contributed by atoms with Gasteiger partial charge in [0.1, 0.15) is 6.10 Å². The molecule has 0 spiro atoms. The topological polar surface area (TPSA) is 52.6 Å². The van der Waals surface area contributed by atoms with Gasteiger partial charge in [-0.25, -0.2) is 9.59 Å². The van der Waals surface area contributed by atoms with Crippen LogP contribution in [0.3, 0.4) is 0 Å². The molecule has 0 aromatic carbocycles. The molecule has 108 valence electrons. The van der Waals surface area contributed by atoms with Gasteiger partial charge >= 0.3 is 11.9 Å². The Bertz CT molecular complexity index is 529. The van der Waals surface area contributed by atoms with Crippen LogP contribution in [0, 0.1) is 11.3 Å². The predicted octanol–water partition coefficient (Wildman–Crippen LogP) is 2.56. The quantitative estimate of drug-likeness (QED) is 0.451. The van der Waals surface area contributed by atoms with E-state index in [-0.39, 0.29) is 23.4 Å². The van der Waals surface area contributed by atoms with Crippen LogP contribution >= 0.6 is 0 Å². The number of allylic oxidation sites excluding steroid dienone is 1. The molecule has 1 heterocycles. The zero-order valence-corrected chi connectivity index (χ0v) is 12.2. The maximum Gasteiger partial charge on any atom is 0.334 e. The minimum Gasteiger partial charge on any atom is -0.466 e. The lowest BCUT2D eigenvalue weighted by molar-refractivity contribution is -0.142.